The van der Waals surface area contributed by atoms with Gasteiger partial charge in [-0.3, -0.25) is 9.69 Å². The van der Waals surface area contributed by atoms with Gasteiger partial charge in [-0.05, 0) is 44.2 Å². The van der Waals surface area contributed by atoms with Crippen molar-refractivity contribution in [3.05, 3.63) is 35.3 Å². The molecule has 0 bridgehead atoms. The summed E-state index contributed by atoms with van der Waals surface area (Å²) in [6.07, 6.45) is 2.23. The number of carbonyl (C=O) groups is 1. The predicted octanol–water partition coefficient (Wildman–Crippen LogP) is 2.61. The highest BCUT2D eigenvalue weighted by Crippen LogP contribution is 2.23. The number of amides is 1. The second-order valence-electron chi connectivity index (χ2n) is 6.01. The molecule has 6 nitrogen and oxygen atoms in total. The molecule has 1 aliphatic carbocycles. The number of nitrogens with zero attached hydrogens (tertiary/aromatic N) is 2. The van der Waals surface area contributed by atoms with Crippen LogP contribution in [0.4, 0.5) is 10.8 Å². The number of likely N-dealkylation sites (N-methyl/N-ethyl adjacent to an activating group) is 1. The molecule has 1 fully saturated rings. The first kappa shape index (κ1) is 16.7. The van der Waals surface area contributed by atoms with Crippen molar-refractivity contribution < 1.29 is 9.53 Å². The van der Waals surface area contributed by atoms with Crippen molar-refractivity contribution >= 4 is 28.1 Å². The summed E-state index contributed by atoms with van der Waals surface area (Å²) in [6.45, 7) is 1.05. The fourth-order valence-corrected chi connectivity index (χ4v) is 3.04. The van der Waals surface area contributed by atoms with Crippen molar-refractivity contribution in [3.63, 3.8) is 0 Å². The van der Waals surface area contributed by atoms with Crippen LogP contribution in [0.15, 0.2) is 29.6 Å². The van der Waals surface area contributed by atoms with E-state index in [9.17, 15) is 4.79 Å². The predicted molar refractivity (Wildman–Crippen MR) is 95.9 cm³/mol. The molecule has 7 heteroatoms. The van der Waals surface area contributed by atoms with E-state index >= 15 is 0 Å². The van der Waals surface area contributed by atoms with E-state index in [0.29, 0.717) is 19.1 Å². The molecule has 0 saturated heterocycles. The lowest BCUT2D eigenvalue weighted by Crippen LogP contribution is -2.35. The largest absolute Gasteiger partial charge is 0.497 e. The summed E-state index contributed by atoms with van der Waals surface area (Å²) >= 11 is 1.56. The number of hydrogen-bond acceptors (Lipinski definition) is 6. The summed E-state index contributed by atoms with van der Waals surface area (Å²) in [7, 11) is 3.58. The van der Waals surface area contributed by atoms with Gasteiger partial charge in [-0.2, -0.15) is 0 Å². The Morgan fingerprint density at radius 3 is 2.79 bits per heavy atom. The van der Waals surface area contributed by atoms with E-state index in [-0.39, 0.29) is 5.91 Å². The van der Waals surface area contributed by atoms with Gasteiger partial charge < -0.3 is 15.4 Å². The van der Waals surface area contributed by atoms with E-state index in [4.69, 9.17) is 4.74 Å². The van der Waals surface area contributed by atoms with Crippen LogP contribution in [0.5, 0.6) is 5.75 Å². The number of rotatable bonds is 8. The van der Waals surface area contributed by atoms with Crippen LogP contribution in [0.2, 0.25) is 0 Å². The molecule has 1 aliphatic rings. The van der Waals surface area contributed by atoms with Gasteiger partial charge in [0.2, 0.25) is 5.91 Å². The minimum absolute atomic E-state index is 0.0896. The van der Waals surface area contributed by atoms with Gasteiger partial charge in [-0.1, -0.05) is 0 Å². The zero-order chi connectivity index (χ0) is 16.9. The van der Waals surface area contributed by atoms with Crippen LogP contribution in [0.3, 0.4) is 0 Å². The molecule has 2 aromatic rings. The molecule has 1 aromatic carbocycles. The third-order valence-electron chi connectivity index (χ3n) is 3.68. The van der Waals surface area contributed by atoms with Gasteiger partial charge in [-0.25, -0.2) is 4.98 Å². The van der Waals surface area contributed by atoms with Crippen molar-refractivity contribution in [3.8, 4) is 5.75 Å². The Labute approximate surface area is 145 Å². The van der Waals surface area contributed by atoms with E-state index in [1.165, 1.54) is 0 Å². The van der Waals surface area contributed by atoms with Crippen molar-refractivity contribution in [2.24, 2.45) is 0 Å². The third-order valence-corrected chi connectivity index (χ3v) is 4.49. The van der Waals surface area contributed by atoms with Crippen molar-refractivity contribution in [1.29, 1.82) is 0 Å². The number of benzene rings is 1. The number of hydrogen-bond donors (Lipinski definition) is 2. The lowest BCUT2D eigenvalue weighted by Gasteiger charge is -2.14. The van der Waals surface area contributed by atoms with E-state index in [1.807, 2.05) is 41.6 Å². The summed E-state index contributed by atoms with van der Waals surface area (Å²) in [5.74, 6) is 0.915. The molecule has 1 saturated carbocycles. The molecule has 1 amide bonds. The second-order valence-corrected chi connectivity index (χ2v) is 6.87. The van der Waals surface area contributed by atoms with Gasteiger partial charge in [0.1, 0.15) is 5.75 Å². The molecule has 3 rings (SSSR count). The molecule has 0 spiro atoms. The van der Waals surface area contributed by atoms with Gasteiger partial charge in [-0.15, -0.1) is 11.3 Å². The first-order chi connectivity index (χ1) is 11.6. The van der Waals surface area contributed by atoms with Crippen LogP contribution in [0.25, 0.3) is 0 Å². The van der Waals surface area contributed by atoms with Crippen molar-refractivity contribution in [1.82, 2.24) is 15.2 Å². The molecular formula is C17H22N4O2S. The number of ether oxygens (including phenoxy) is 1. The van der Waals surface area contributed by atoms with Gasteiger partial charge >= 0.3 is 0 Å². The van der Waals surface area contributed by atoms with Gasteiger partial charge in [0.05, 0.1) is 19.3 Å². The maximum absolute atomic E-state index is 11.8. The summed E-state index contributed by atoms with van der Waals surface area (Å²) < 4.78 is 5.15. The summed E-state index contributed by atoms with van der Waals surface area (Å²) in [6, 6.07) is 8.12. The molecule has 24 heavy (non-hydrogen) atoms. The first-order valence-corrected chi connectivity index (χ1v) is 8.84. The third kappa shape index (κ3) is 4.94. The average Bonchev–Trinajstić information content (AvgIpc) is 3.26. The standard InChI is InChI=1S/C17H22N4O2S/c1-21(10-16(22)18-12-3-4-12)9-14-11-24-17(20-14)19-13-5-7-15(23-2)8-6-13/h5-8,11-12H,3-4,9-10H2,1-2H3,(H,18,22)(H,19,20). The zero-order valence-electron chi connectivity index (χ0n) is 13.9. The minimum atomic E-state index is 0.0896. The zero-order valence-corrected chi connectivity index (χ0v) is 14.7. The molecule has 128 valence electrons. The molecule has 0 unspecified atom stereocenters. The van der Waals surface area contributed by atoms with E-state index in [1.54, 1.807) is 18.4 Å². The monoisotopic (exact) mass is 346 g/mol. The molecule has 0 atom stereocenters. The number of aromatic nitrogens is 1. The maximum atomic E-state index is 11.8. The second kappa shape index (κ2) is 7.63. The smallest absolute Gasteiger partial charge is 0.234 e. The van der Waals surface area contributed by atoms with Crippen LogP contribution in [0, 0.1) is 0 Å². The fraction of sp³-hybridized carbons (Fsp3) is 0.412. The van der Waals surface area contributed by atoms with E-state index < -0.39 is 0 Å². The van der Waals surface area contributed by atoms with Gasteiger partial charge in [0, 0.05) is 23.7 Å². The van der Waals surface area contributed by atoms with Crippen LogP contribution in [-0.2, 0) is 11.3 Å². The first-order valence-electron chi connectivity index (χ1n) is 7.96. The Balaban J connectivity index is 1.49. The average molecular weight is 346 g/mol. The van der Waals surface area contributed by atoms with Crippen molar-refractivity contribution in [2.45, 2.75) is 25.4 Å². The Hall–Kier alpha value is -2.12. The molecule has 0 aliphatic heterocycles. The normalized spacial score (nSPS) is 13.8. The number of anilines is 2. The molecule has 1 heterocycles. The Morgan fingerprint density at radius 2 is 2.12 bits per heavy atom. The lowest BCUT2D eigenvalue weighted by atomic mass is 10.3. The SMILES string of the molecule is COc1ccc(Nc2nc(CN(C)CC(=O)NC3CC3)cs2)cc1. The van der Waals surface area contributed by atoms with Crippen LogP contribution < -0.4 is 15.4 Å². The number of thiazole rings is 1. The Morgan fingerprint density at radius 1 is 1.38 bits per heavy atom. The van der Waals surface area contributed by atoms with Gasteiger partial charge in [0.25, 0.3) is 0 Å². The molecule has 2 N–H and O–H groups in total. The van der Waals surface area contributed by atoms with Crippen LogP contribution in [0.1, 0.15) is 18.5 Å². The number of nitrogens with one attached hydrogen (secondary N) is 2. The van der Waals surface area contributed by atoms with Crippen LogP contribution >= 0.6 is 11.3 Å². The number of methoxy groups -OCH3 is 1. The summed E-state index contributed by atoms with van der Waals surface area (Å²) in [5.41, 5.74) is 1.92. The van der Waals surface area contributed by atoms with Crippen LogP contribution in [-0.4, -0.2) is 42.5 Å². The summed E-state index contributed by atoms with van der Waals surface area (Å²) in [4.78, 5) is 18.3. The Bertz CT molecular complexity index is 682. The van der Waals surface area contributed by atoms with Gasteiger partial charge in [0.15, 0.2) is 5.13 Å². The fourth-order valence-electron chi connectivity index (χ4n) is 2.31. The summed E-state index contributed by atoms with van der Waals surface area (Å²) in [5, 5.41) is 9.13. The minimum Gasteiger partial charge on any atom is -0.497 e. The molecular weight excluding hydrogens is 324 g/mol. The quantitative estimate of drug-likeness (QED) is 0.769. The van der Waals surface area contributed by atoms with E-state index in [2.05, 4.69) is 15.6 Å². The molecule has 1 aromatic heterocycles. The highest BCUT2D eigenvalue weighted by Gasteiger charge is 2.23. The maximum Gasteiger partial charge on any atom is 0.234 e. The number of carbonyl (C=O) groups excluding carboxylic acids is 1. The highest BCUT2D eigenvalue weighted by molar-refractivity contribution is 7.13. The van der Waals surface area contributed by atoms with Crippen molar-refractivity contribution in [2.75, 3.05) is 26.0 Å². The topological polar surface area (TPSA) is 66.5 Å². The lowest BCUT2D eigenvalue weighted by molar-refractivity contribution is -0.122. The Kier molecular flexibility index (Phi) is 5.32. The molecule has 0 radical (unpaired) electrons. The highest BCUT2D eigenvalue weighted by atomic mass is 32.1. The van der Waals surface area contributed by atoms with E-state index in [0.717, 1.165) is 35.1 Å².